The summed E-state index contributed by atoms with van der Waals surface area (Å²) in [5.41, 5.74) is 1.43. The number of carbonyl (C=O) groups is 1. The van der Waals surface area contributed by atoms with Crippen LogP contribution >= 0.6 is 0 Å². The summed E-state index contributed by atoms with van der Waals surface area (Å²) in [6.07, 6.45) is 2.71. The van der Waals surface area contributed by atoms with Crippen molar-refractivity contribution >= 4 is 16.8 Å². The summed E-state index contributed by atoms with van der Waals surface area (Å²) < 4.78 is 11.7. The molecule has 2 aromatic carbocycles. The molecule has 0 spiro atoms. The Balaban J connectivity index is 1.30. The molecule has 0 bridgehead atoms. The summed E-state index contributed by atoms with van der Waals surface area (Å²) in [6.45, 7) is 1.42. The van der Waals surface area contributed by atoms with Gasteiger partial charge < -0.3 is 19.0 Å². The van der Waals surface area contributed by atoms with Crippen LogP contribution in [-0.2, 0) is 22.5 Å². The smallest absolute Gasteiger partial charge is 0.258 e. The van der Waals surface area contributed by atoms with Gasteiger partial charge >= 0.3 is 0 Å². The molecule has 4 aromatic rings. The third kappa shape index (κ3) is 5.10. The van der Waals surface area contributed by atoms with E-state index in [9.17, 15) is 9.59 Å². The first kappa shape index (κ1) is 22.1. The molecule has 174 valence electrons. The van der Waals surface area contributed by atoms with Crippen LogP contribution in [0.25, 0.3) is 22.2 Å². The fraction of sp³-hybridized carbons (Fsp3) is 0.296. The minimum absolute atomic E-state index is 0.00410. The lowest BCUT2D eigenvalue weighted by Crippen LogP contribution is -2.38. The van der Waals surface area contributed by atoms with Crippen LogP contribution < -0.4 is 5.56 Å². The quantitative estimate of drug-likeness (QED) is 0.426. The maximum absolute atomic E-state index is 13.2. The van der Waals surface area contributed by atoms with Crippen LogP contribution in [0.2, 0.25) is 0 Å². The van der Waals surface area contributed by atoms with Crippen LogP contribution in [0, 0.1) is 0 Å². The molecule has 1 atom stereocenters. The topological polar surface area (TPSA) is 88.4 Å². The van der Waals surface area contributed by atoms with Crippen molar-refractivity contribution < 1.29 is 13.9 Å². The van der Waals surface area contributed by atoms with Crippen LogP contribution in [0.1, 0.15) is 30.8 Å². The third-order valence-corrected chi connectivity index (χ3v) is 6.11. The molecule has 1 aliphatic rings. The molecule has 1 fully saturated rings. The number of aromatic nitrogens is 2. The van der Waals surface area contributed by atoms with Crippen LogP contribution in [0.3, 0.4) is 0 Å². The number of aryl methyl sites for hydroxylation is 1. The van der Waals surface area contributed by atoms with E-state index in [2.05, 4.69) is 9.97 Å². The van der Waals surface area contributed by atoms with E-state index in [0.717, 1.165) is 29.9 Å². The van der Waals surface area contributed by atoms with Gasteiger partial charge in [0.25, 0.3) is 5.56 Å². The van der Waals surface area contributed by atoms with E-state index in [1.807, 2.05) is 60.7 Å². The lowest BCUT2D eigenvalue weighted by molar-refractivity contribution is -0.133. The number of fused-ring (bicyclic) bond motifs is 1. The Kier molecular flexibility index (Phi) is 6.53. The number of para-hydroxylation sites is 1. The van der Waals surface area contributed by atoms with E-state index in [1.54, 1.807) is 11.0 Å². The number of H-pyrrole nitrogens is 1. The minimum atomic E-state index is -0.200. The average molecular weight is 458 g/mol. The zero-order valence-corrected chi connectivity index (χ0v) is 18.9. The number of benzene rings is 2. The highest BCUT2D eigenvalue weighted by molar-refractivity contribution is 5.78. The predicted molar refractivity (Wildman–Crippen MR) is 129 cm³/mol. The average Bonchev–Trinajstić information content (AvgIpc) is 3.55. The highest BCUT2D eigenvalue weighted by Crippen LogP contribution is 2.23. The fourth-order valence-electron chi connectivity index (χ4n) is 4.34. The van der Waals surface area contributed by atoms with Gasteiger partial charge in [-0.15, -0.1) is 0 Å². The number of amides is 1. The molecule has 0 aliphatic carbocycles. The maximum atomic E-state index is 13.2. The monoisotopic (exact) mass is 457 g/mol. The van der Waals surface area contributed by atoms with Crippen LogP contribution in [0.15, 0.2) is 75.9 Å². The van der Waals surface area contributed by atoms with E-state index in [0.29, 0.717) is 42.7 Å². The lowest BCUT2D eigenvalue weighted by atomic mass is 10.2. The maximum Gasteiger partial charge on any atom is 0.258 e. The largest absolute Gasteiger partial charge is 0.461 e. The second-order valence-corrected chi connectivity index (χ2v) is 8.57. The molecular weight excluding hydrogens is 430 g/mol. The highest BCUT2D eigenvalue weighted by atomic mass is 16.5. The Morgan fingerprint density at radius 1 is 1.06 bits per heavy atom. The van der Waals surface area contributed by atoms with Crippen molar-refractivity contribution in [2.45, 2.75) is 38.3 Å². The summed E-state index contributed by atoms with van der Waals surface area (Å²) in [4.78, 5) is 34.9. The number of rotatable bonds is 8. The Morgan fingerprint density at radius 2 is 1.88 bits per heavy atom. The van der Waals surface area contributed by atoms with Gasteiger partial charge in [-0.25, -0.2) is 4.98 Å². The summed E-state index contributed by atoms with van der Waals surface area (Å²) in [5.74, 6) is 2.00. The number of hydrogen-bond donors (Lipinski definition) is 1. The van der Waals surface area contributed by atoms with E-state index in [1.165, 1.54) is 0 Å². The van der Waals surface area contributed by atoms with Crippen LogP contribution in [0.4, 0.5) is 0 Å². The molecule has 1 saturated heterocycles. The van der Waals surface area contributed by atoms with Gasteiger partial charge in [-0.3, -0.25) is 9.59 Å². The number of furan rings is 1. The molecule has 34 heavy (non-hydrogen) atoms. The number of ether oxygens (including phenoxy) is 1. The normalized spacial score (nSPS) is 15.6. The van der Waals surface area contributed by atoms with Crippen molar-refractivity contribution in [1.82, 2.24) is 14.9 Å². The second kappa shape index (κ2) is 10.1. The first-order chi connectivity index (χ1) is 16.7. The summed E-state index contributed by atoms with van der Waals surface area (Å²) in [5, 5.41) is 0.537. The van der Waals surface area contributed by atoms with Gasteiger partial charge in [-0.1, -0.05) is 42.5 Å². The van der Waals surface area contributed by atoms with Crippen molar-refractivity contribution in [2.24, 2.45) is 0 Å². The summed E-state index contributed by atoms with van der Waals surface area (Å²) in [6, 6.07) is 20.9. The van der Waals surface area contributed by atoms with Crippen molar-refractivity contribution in [3.63, 3.8) is 0 Å². The van der Waals surface area contributed by atoms with Gasteiger partial charge in [0.1, 0.15) is 17.3 Å². The molecule has 7 heteroatoms. The predicted octanol–water partition coefficient (Wildman–Crippen LogP) is 4.32. The van der Waals surface area contributed by atoms with Crippen molar-refractivity contribution in [1.29, 1.82) is 0 Å². The van der Waals surface area contributed by atoms with E-state index < -0.39 is 0 Å². The fourth-order valence-corrected chi connectivity index (χ4v) is 4.34. The number of nitrogens with one attached hydrogen (secondary N) is 1. The van der Waals surface area contributed by atoms with Gasteiger partial charge in [0.15, 0.2) is 0 Å². The minimum Gasteiger partial charge on any atom is -0.461 e. The van der Waals surface area contributed by atoms with E-state index >= 15 is 0 Å². The van der Waals surface area contributed by atoms with Gasteiger partial charge in [0.2, 0.25) is 5.91 Å². The van der Waals surface area contributed by atoms with Crippen molar-refractivity contribution in [3.05, 3.63) is 88.7 Å². The molecule has 3 heterocycles. The van der Waals surface area contributed by atoms with Crippen molar-refractivity contribution in [2.75, 3.05) is 13.2 Å². The zero-order valence-electron chi connectivity index (χ0n) is 18.9. The molecule has 1 aliphatic heterocycles. The molecule has 0 saturated carbocycles. The number of nitrogens with zero attached hydrogens (tertiary/aromatic N) is 2. The lowest BCUT2D eigenvalue weighted by Gasteiger charge is -2.25. The van der Waals surface area contributed by atoms with Crippen LogP contribution in [0.5, 0.6) is 0 Å². The molecule has 0 radical (unpaired) electrons. The first-order valence-corrected chi connectivity index (χ1v) is 11.7. The molecule has 7 nitrogen and oxygen atoms in total. The SMILES string of the molecule is O=C(CCc1ccc(-c2ccccc2)o1)N(Cc1nc2ccccc2c(=O)[nH]1)CC1CCCO1. The third-order valence-electron chi connectivity index (χ3n) is 6.11. The van der Waals surface area contributed by atoms with Gasteiger partial charge in [0, 0.05) is 31.6 Å². The first-order valence-electron chi connectivity index (χ1n) is 11.7. The summed E-state index contributed by atoms with van der Waals surface area (Å²) in [7, 11) is 0. The van der Waals surface area contributed by atoms with E-state index in [-0.39, 0.29) is 24.1 Å². The zero-order chi connectivity index (χ0) is 23.3. The molecule has 5 rings (SSSR count). The number of aromatic amines is 1. The van der Waals surface area contributed by atoms with Gasteiger partial charge in [0.05, 0.1) is 23.6 Å². The molecular formula is C27H27N3O4. The van der Waals surface area contributed by atoms with E-state index in [4.69, 9.17) is 9.15 Å². The molecule has 1 amide bonds. The Hall–Kier alpha value is -3.71. The molecule has 1 unspecified atom stereocenters. The Labute approximate surface area is 197 Å². The van der Waals surface area contributed by atoms with Gasteiger partial charge in [-0.2, -0.15) is 0 Å². The molecule has 1 N–H and O–H groups in total. The number of hydrogen-bond acceptors (Lipinski definition) is 5. The molecule has 2 aromatic heterocycles. The van der Waals surface area contributed by atoms with Gasteiger partial charge in [-0.05, 0) is 37.1 Å². The summed E-state index contributed by atoms with van der Waals surface area (Å²) >= 11 is 0. The Morgan fingerprint density at radius 3 is 2.71 bits per heavy atom. The second-order valence-electron chi connectivity index (χ2n) is 8.57. The van der Waals surface area contributed by atoms with Crippen LogP contribution in [-0.4, -0.2) is 40.0 Å². The Bertz CT molecular complexity index is 1320. The standard InChI is InChI=1S/C27H27N3O4/c31-26(15-13-20-12-14-24(34-20)19-7-2-1-3-8-19)30(17-21-9-6-16-33-21)18-25-28-23-11-5-4-10-22(23)27(32)29-25/h1-5,7-8,10-12,14,21H,6,9,13,15-18H2,(H,28,29,32). The highest BCUT2D eigenvalue weighted by Gasteiger charge is 2.24. The number of carbonyl (C=O) groups excluding carboxylic acids is 1. The van der Waals surface area contributed by atoms with Crippen molar-refractivity contribution in [3.8, 4) is 11.3 Å².